The molecule has 1 fully saturated rings. The molecule has 0 saturated carbocycles. The number of hydrogen-bond acceptors (Lipinski definition) is 5. The highest BCUT2D eigenvalue weighted by Gasteiger charge is 2.28. The zero-order chi connectivity index (χ0) is 23.1. The molecule has 1 aliphatic rings. The molecule has 0 unspecified atom stereocenters. The van der Waals surface area contributed by atoms with E-state index in [9.17, 15) is 18.8 Å². The van der Waals surface area contributed by atoms with E-state index in [1.165, 1.54) is 34.4 Å². The first kappa shape index (κ1) is 23.7. The van der Waals surface area contributed by atoms with Crippen LogP contribution < -0.4 is 0 Å². The van der Waals surface area contributed by atoms with E-state index >= 15 is 0 Å². The highest BCUT2D eigenvalue weighted by Crippen LogP contribution is 2.29. The highest BCUT2D eigenvalue weighted by atomic mass is 32.1. The molecule has 0 N–H and O–H groups in total. The summed E-state index contributed by atoms with van der Waals surface area (Å²) < 4.78 is 18.1. The molecule has 0 radical (unpaired) electrons. The van der Waals surface area contributed by atoms with Crippen LogP contribution in [0.3, 0.4) is 0 Å². The van der Waals surface area contributed by atoms with Crippen molar-refractivity contribution in [2.75, 3.05) is 33.3 Å². The first-order valence-corrected chi connectivity index (χ1v) is 11.4. The zero-order valence-corrected chi connectivity index (χ0v) is 19.1. The van der Waals surface area contributed by atoms with Gasteiger partial charge in [-0.15, -0.1) is 11.3 Å². The van der Waals surface area contributed by atoms with Gasteiger partial charge < -0.3 is 14.5 Å². The summed E-state index contributed by atoms with van der Waals surface area (Å²) in [6.45, 7) is 3.10. The molecule has 2 aromatic rings. The van der Waals surface area contributed by atoms with Crippen LogP contribution in [0.5, 0.6) is 0 Å². The standard InChI is InChI=1S/C24H27FN2O4S/c1-3-31-24(30)18-12-14-27(15-13-18)23(29)16-26(2)22(28)11-9-20-8-10-21(32-20)17-4-6-19(25)7-5-17/h4-11,18H,3,12-16H2,1-2H3. The third-order valence-electron chi connectivity index (χ3n) is 5.36. The molecule has 6 nitrogen and oxygen atoms in total. The number of likely N-dealkylation sites (N-methyl/N-ethyl adjacent to an activating group) is 1. The second-order valence-electron chi connectivity index (χ2n) is 7.64. The molecule has 0 atom stereocenters. The van der Waals surface area contributed by atoms with Crippen molar-refractivity contribution in [2.24, 2.45) is 5.92 Å². The molecule has 1 saturated heterocycles. The smallest absolute Gasteiger partial charge is 0.309 e. The first-order valence-electron chi connectivity index (χ1n) is 10.6. The van der Waals surface area contributed by atoms with Crippen molar-refractivity contribution in [2.45, 2.75) is 19.8 Å². The van der Waals surface area contributed by atoms with Crippen molar-refractivity contribution < 1.29 is 23.5 Å². The number of hydrogen-bond donors (Lipinski definition) is 0. The Labute approximate surface area is 191 Å². The molecule has 0 aliphatic carbocycles. The average molecular weight is 459 g/mol. The lowest BCUT2D eigenvalue weighted by Gasteiger charge is -2.32. The van der Waals surface area contributed by atoms with Crippen LogP contribution in [0.2, 0.25) is 0 Å². The largest absolute Gasteiger partial charge is 0.466 e. The van der Waals surface area contributed by atoms with Gasteiger partial charge in [0, 0.05) is 36.0 Å². The van der Waals surface area contributed by atoms with Crippen molar-refractivity contribution in [3.05, 3.63) is 53.2 Å². The van der Waals surface area contributed by atoms with E-state index in [2.05, 4.69) is 0 Å². The number of esters is 1. The van der Waals surface area contributed by atoms with E-state index in [0.717, 1.165) is 15.3 Å². The van der Waals surface area contributed by atoms with Gasteiger partial charge in [-0.25, -0.2) is 4.39 Å². The number of ether oxygens (including phenoxy) is 1. The van der Waals surface area contributed by atoms with E-state index in [-0.39, 0.29) is 36.1 Å². The summed E-state index contributed by atoms with van der Waals surface area (Å²) >= 11 is 1.50. The van der Waals surface area contributed by atoms with Crippen molar-refractivity contribution in [1.82, 2.24) is 9.80 Å². The minimum Gasteiger partial charge on any atom is -0.466 e. The molecular formula is C24H27FN2O4S. The van der Waals surface area contributed by atoms with E-state index in [0.29, 0.717) is 32.5 Å². The van der Waals surface area contributed by atoms with Gasteiger partial charge in [0.15, 0.2) is 0 Å². The molecule has 0 spiro atoms. The number of amides is 2. The van der Waals surface area contributed by atoms with Crippen LogP contribution >= 0.6 is 11.3 Å². The molecule has 3 rings (SSSR count). The summed E-state index contributed by atoms with van der Waals surface area (Å²) in [6, 6.07) is 10.1. The Morgan fingerprint density at radius 3 is 2.50 bits per heavy atom. The topological polar surface area (TPSA) is 66.9 Å². The lowest BCUT2D eigenvalue weighted by Crippen LogP contribution is -2.45. The van der Waals surface area contributed by atoms with Crippen LogP contribution in [0.25, 0.3) is 16.5 Å². The van der Waals surface area contributed by atoms with Crippen molar-refractivity contribution in [3.63, 3.8) is 0 Å². The Kier molecular flexibility index (Phi) is 8.16. The number of carbonyl (C=O) groups is 3. The van der Waals surface area contributed by atoms with E-state index < -0.39 is 0 Å². The summed E-state index contributed by atoms with van der Waals surface area (Å²) in [5.41, 5.74) is 0.914. The summed E-state index contributed by atoms with van der Waals surface area (Å²) in [7, 11) is 1.59. The lowest BCUT2D eigenvalue weighted by atomic mass is 9.97. The van der Waals surface area contributed by atoms with Gasteiger partial charge in [0.2, 0.25) is 11.8 Å². The fourth-order valence-corrected chi connectivity index (χ4v) is 4.41. The lowest BCUT2D eigenvalue weighted by molar-refractivity contribution is -0.151. The maximum Gasteiger partial charge on any atom is 0.309 e. The fraction of sp³-hybridized carbons (Fsp3) is 0.375. The van der Waals surface area contributed by atoms with E-state index in [1.807, 2.05) is 12.1 Å². The Morgan fingerprint density at radius 2 is 1.84 bits per heavy atom. The molecule has 1 aliphatic heterocycles. The van der Waals surface area contributed by atoms with Gasteiger partial charge in [0.05, 0.1) is 19.1 Å². The van der Waals surface area contributed by atoms with Crippen LogP contribution in [0.1, 0.15) is 24.6 Å². The SMILES string of the molecule is CCOC(=O)C1CCN(C(=O)CN(C)C(=O)C=Cc2ccc(-c3ccc(F)cc3)s2)CC1. The number of nitrogens with zero attached hydrogens (tertiary/aromatic N) is 2. The Hall–Kier alpha value is -3.00. The zero-order valence-electron chi connectivity index (χ0n) is 18.3. The molecule has 8 heteroatoms. The molecule has 2 heterocycles. The summed E-state index contributed by atoms with van der Waals surface area (Å²) in [5.74, 6) is -1.04. The number of thiophene rings is 1. The van der Waals surface area contributed by atoms with Crippen molar-refractivity contribution in [1.29, 1.82) is 0 Å². The van der Waals surface area contributed by atoms with Crippen LogP contribution in [0.4, 0.5) is 4.39 Å². The monoisotopic (exact) mass is 458 g/mol. The Bertz CT molecular complexity index is 978. The minimum atomic E-state index is -0.281. The molecule has 170 valence electrons. The predicted molar refractivity (Wildman–Crippen MR) is 122 cm³/mol. The molecular weight excluding hydrogens is 431 g/mol. The van der Waals surface area contributed by atoms with Crippen LogP contribution in [-0.2, 0) is 19.1 Å². The number of halogens is 1. The minimum absolute atomic E-state index is 0.0154. The van der Waals surface area contributed by atoms with E-state index in [1.54, 1.807) is 37.1 Å². The molecule has 1 aromatic carbocycles. The predicted octanol–water partition coefficient (Wildman–Crippen LogP) is 3.83. The van der Waals surface area contributed by atoms with Gasteiger partial charge >= 0.3 is 5.97 Å². The van der Waals surface area contributed by atoms with Gasteiger partial charge in [0.1, 0.15) is 5.82 Å². The molecule has 1 aromatic heterocycles. The van der Waals surface area contributed by atoms with Crippen LogP contribution in [0.15, 0.2) is 42.5 Å². The number of likely N-dealkylation sites (tertiary alicyclic amines) is 1. The van der Waals surface area contributed by atoms with Crippen LogP contribution in [-0.4, -0.2) is 60.9 Å². The summed E-state index contributed by atoms with van der Waals surface area (Å²) in [4.78, 5) is 41.7. The maximum atomic E-state index is 13.1. The summed E-state index contributed by atoms with van der Waals surface area (Å²) in [5, 5.41) is 0. The third kappa shape index (κ3) is 6.26. The fourth-order valence-electron chi connectivity index (χ4n) is 3.50. The second-order valence-corrected chi connectivity index (χ2v) is 8.76. The van der Waals surface area contributed by atoms with Crippen LogP contribution in [0, 0.1) is 11.7 Å². The van der Waals surface area contributed by atoms with Crippen molar-refractivity contribution >= 4 is 35.2 Å². The van der Waals surface area contributed by atoms with Crippen molar-refractivity contribution in [3.8, 4) is 10.4 Å². The number of rotatable bonds is 7. The van der Waals surface area contributed by atoms with Gasteiger partial charge in [-0.2, -0.15) is 0 Å². The maximum absolute atomic E-state index is 13.1. The second kappa shape index (κ2) is 11.0. The molecule has 0 bridgehead atoms. The first-order chi connectivity index (χ1) is 15.4. The quantitative estimate of drug-likeness (QED) is 0.467. The normalized spacial score (nSPS) is 14.5. The van der Waals surface area contributed by atoms with Gasteiger partial charge in [-0.05, 0) is 55.7 Å². The molecule has 32 heavy (non-hydrogen) atoms. The number of carbonyl (C=O) groups excluding carboxylic acids is 3. The molecule has 2 amide bonds. The van der Waals surface area contributed by atoms with E-state index in [4.69, 9.17) is 4.74 Å². The average Bonchev–Trinajstić information content (AvgIpc) is 3.27. The highest BCUT2D eigenvalue weighted by molar-refractivity contribution is 7.16. The number of benzene rings is 1. The van der Waals surface area contributed by atoms with Gasteiger partial charge in [0.25, 0.3) is 0 Å². The Morgan fingerprint density at radius 1 is 1.16 bits per heavy atom. The Balaban J connectivity index is 1.48. The third-order valence-corrected chi connectivity index (χ3v) is 6.46. The van der Waals surface area contributed by atoms with Gasteiger partial charge in [-0.3, -0.25) is 14.4 Å². The van der Waals surface area contributed by atoms with Gasteiger partial charge in [-0.1, -0.05) is 12.1 Å². The number of piperidine rings is 1. The summed E-state index contributed by atoms with van der Waals surface area (Å²) in [6.07, 6.45) is 4.32.